The lowest BCUT2D eigenvalue weighted by Gasteiger charge is -2.12. The molecule has 4 rings (SSSR count). The first kappa shape index (κ1) is 21.4. The van der Waals surface area contributed by atoms with Crippen molar-refractivity contribution in [3.63, 3.8) is 0 Å². The summed E-state index contributed by atoms with van der Waals surface area (Å²) in [5, 5.41) is 6.60. The maximum Gasteiger partial charge on any atom is 0.226 e. The third-order valence-corrected chi connectivity index (χ3v) is 5.16. The standard InChI is InChI=1S/C25H28N6O/c1-26-25(28-17-22-19-32-24(30-22)21-12-6-3-7-13-21)29-18-23-27-14-16-31(23)15-8-11-20-9-4-2-5-10-20/h2-7,9-10,12-14,16,19H,8,11,15,17-18H2,1H3,(H2,26,28,29). The number of imidazole rings is 1. The molecular formula is C25H28N6O. The van der Waals surface area contributed by atoms with Gasteiger partial charge < -0.3 is 19.6 Å². The molecule has 0 atom stereocenters. The number of hydrogen-bond donors (Lipinski definition) is 2. The van der Waals surface area contributed by atoms with Gasteiger partial charge in [-0.25, -0.2) is 9.97 Å². The number of guanidine groups is 1. The summed E-state index contributed by atoms with van der Waals surface area (Å²) in [4.78, 5) is 13.3. The highest BCUT2D eigenvalue weighted by Crippen LogP contribution is 2.17. The van der Waals surface area contributed by atoms with Crippen LogP contribution in [0, 0.1) is 0 Å². The van der Waals surface area contributed by atoms with Crippen molar-refractivity contribution in [2.24, 2.45) is 4.99 Å². The lowest BCUT2D eigenvalue weighted by atomic mass is 10.1. The van der Waals surface area contributed by atoms with Crippen molar-refractivity contribution >= 4 is 5.96 Å². The Labute approximate surface area is 188 Å². The minimum absolute atomic E-state index is 0.515. The van der Waals surface area contributed by atoms with E-state index in [0.29, 0.717) is 24.9 Å². The molecule has 0 aliphatic heterocycles. The summed E-state index contributed by atoms with van der Waals surface area (Å²) in [5.41, 5.74) is 3.13. The molecule has 0 saturated carbocycles. The predicted octanol–water partition coefficient (Wildman–Crippen LogP) is 4.04. The minimum atomic E-state index is 0.515. The van der Waals surface area contributed by atoms with Crippen LogP contribution in [0.25, 0.3) is 11.5 Å². The fourth-order valence-corrected chi connectivity index (χ4v) is 3.47. The number of aromatic nitrogens is 3. The van der Waals surface area contributed by atoms with Crippen LogP contribution in [0.4, 0.5) is 0 Å². The molecular weight excluding hydrogens is 400 g/mol. The number of aryl methyl sites for hydroxylation is 2. The van der Waals surface area contributed by atoms with Crippen molar-refractivity contribution in [1.29, 1.82) is 0 Å². The van der Waals surface area contributed by atoms with Gasteiger partial charge in [-0.05, 0) is 30.5 Å². The van der Waals surface area contributed by atoms with Crippen molar-refractivity contribution in [1.82, 2.24) is 25.2 Å². The van der Waals surface area contributed by atoms with Crippen LogP contribution >= 0.6 is 0 Å². The molecule has 0 radical (unpaired) electrons. The van der Waals surface area contributed by atoms with E-state index in [-0.39, 0.29) is 0 Å². The van der Waals surface area contributed by atoms with E-state index in [9.17, 15) is 0 Å². The molecule has 2 heterocycles. The molecule has 0 saturated heterocycles. The topological polar surface area (TPSA) is 80.3 Å². The van der Waals surface area contributed by atoms with E-state index < -0.39 is 0 Å². The smallest absolute Gasteiger partial charge is 0.226 e. The first-order valence-corrected chi connectivity index (χ1v) is 10.8. The molecule has 0 unspecified atom stereocenters. The van der Waals surface area contributed by atoms with Crippen LogP contribution in [0.5, 0.6) is 0 Å². The van der Waals surface area contributed by atoms with Gasteiger partial charge >= 0.3 is 0 Å². The summed E-state index contributed by atoms with van der Waals surface area (Å²) < 4.78 is 7.78. The second-order valence-corrected chi connectivity index (χ2v) is 7.42. The third-order valence-electron chi connectivity index (χ3n) is 5.16. The summed E-state index contributed by atoms with van der Waals surface area (Å²) >= 11 is 0. The summed E-state index contributed by atoms with van der Waals surface area (Å²) in [6.45, 7) is 2.03. The maximum absolute atomic E-state index is 5.60. The molecule has 164 valence electrons. The fourth-order valence-electron chi connectivity index (χ4n) is 3.47. The first-order valence-electron chi connectivity index (χ1n) is 10.8. The van der Waals surface area contributed by atoms with Gasteiger partial charge in [-0.3, -0.25) is 4.99 Å². The van der Waals surface area contributed by atoms with Gasteiger partial charge in [0.2, 0.25) is 5.89 Å². The number of nitrogens with one attached hydrogen (secondary N) is 2. The zero-order chi connectivity index (χ0) is 22.0. The van der Waals surface area contributed by atoms with Gasteiger partial charge in [0, 0.05) is 31.5 Å². The number of rotatable bonds is 9. The molecule has 2 N–H and O–H groups in total. The molecule has 2 aromatic heterocycles. The van der Waals surface area contributed by atoms with E-state index in [1.165, 1.54) is 5.56 Å². The molecule has 0 aliphatic carbocycles. The van der Waals surface area contributed by atoms with E-state index in [1.54, 1.807) is 13.3 Å². The van der Waals surface area contributed by atoms with Gasteiger partial charge in [-0.1, -0.05) is 48.5 Å². The van der Waals surface area contributed by atoms with Crippen molar-refractivity contribution in [3.05, 3.63) is 96.4 Å². The Hall–Kier alpha value is -3.87. The summed E-state index contributed by atoms with van der Waals surface area (Å²) in [6.07, 6.45) is 7.66. The molecule has 7 heteroatoms. The highest BCUT2D eigenvalue weighted by atomic mass is 16.3. The summed E-state index contributed by atoms with van der Waals surface area (Å²) in [6, 6.07) is 20.4. The lowest BCUT2D eigenvalue weighted by molar-refractivity contribution is 0.572. The van der Waals surface area contributed by atoms with Crippen molar-refractivity contribution < 1.29 is 4.42 Å². The Morgan fingerprint density at radius 3 is 2.53 bits per heavy atom. The van der Waals surface area contributed by atoms with Crippen LogP contribution in [0.1, 0.15) is 23.5 Å². The molecule has 32 heavy (non-hydrogen) atoms. The second-order valence-electron chi connectivity index (χ2n) is 7.42. The molecule has 7 nitrogen and oxygen atoms in total. The molecule has 0 amide bonds. The maximum atomic E-state index is 5.60. The van der Waals surface area contributed by atoms with Crippen molar-refractivity contribution in [3.8, 4) is 11.5 Å². The molecule has 0 spiro atoms. The normalized spacial score (nSPS) is 11.5. The van der Waals surface area contributed by atoms with E-state index >= 15 is 0 Å². The molecule has 2 aromatic carbocycles. The number of nitrogens with zero attached hydrogens (tertiary/aromatic N) is 4. The summed E-state index contributed by atoms with van der Waals surface area (Å²) in [5.74, 6) is 2.28. The zero-order valence-corrected chi connectivity index (χ0v) is 18.2. The number of oxazole rings is 1. The average Bonchev–Trinajstić information content (AvgIpc) is 3.50. The number of hydrogen-bond acceptors (Lipinski definition) is 4. The van der Waals surface area contributed by atoms with Crippen LogP contribution in [0.2, 0.25) is 0 Å². The van der Waals surface area contributed by atoms with Crippen molar-refractivity contribution in [2.75, 3.05) is 7.05 Å². The largest absolute Gasteiger partial charge is 0.444 e. The highest BCUT2D eigenvalue weighted by molar-refractivity contribution is 5.79. The van der Waals surface area contributed by atoms with E-state index in [0.717, 1.165) is 36.5 Å². The Morgan fingerprint density at radius 1 is 1.00 bits per heavy atom. The van der Waals surface area contributed by atoms with E-state index in [4.69, 9.17) is 4.42 Å². The molecule has 0 aliphatic rings. The van der Waals surface area contributed by atoms with Gasteiger partial charge in [0.05, 0.1) is 18.8 Å². The number of aliphatic imine (C=N–C) groups is 1. The zero-order valence-electron chi connectivity index (χ0n) is 18.2. The van der Waals surface area contributed by atoms with Gasteiger partial charge in [0.25, 0.3) is 0 Å². The van der Waals surface area contributed by atoms with Crippen LogP contribution in [0.15, 0.2) is 88.7 Å². The summed E-state index contributed by atoms with van der Waals surface area (Å²) in [7, 11) is 1.75. The Balaban J connectivity index is 1.25. The Bertz CT molecular complexity index is 1120. The van der Waals surface area contributed by atoms with Crippen LogP contribution in [0.3, 0.4) is 0 Å². The monoisotopic (exact) mass is 428 g/mol. The SMILES string of the molecule is CN=C(NCc1coc(-c2ccccc2)n1)NCc1nccn1CCCc1ccccc1. The van der Waals surface area contributed by atoms with E-state index in [2.05, 4.69) is 60.5 Å². The molecule has 0 bridgehead atoms. The number of benzene rings is 2. The average molecular weight is 429 g/mol. The van der Waals surface area contributed by atoms with Gasteiger partial charge in [0.1, 0.15) is 12.1 Å². The Morgan fingerprint density at radius 2 is 1.75 bits per heavy atom. The molecule has 0 fully saturated rings. The second kappa shape index (κ2) is 10.9. The van der Waals surface area contributed by atoms with Crippen LogP contribution in [-0.2, 0) is 26.1 Å². The van der Waals surface area contributed by atoms with Gasteiger partial charge in [-0.15, -0.1) is 0 Å². The van der Waals surface area contributed by atoms with Crippen LogP contribution < -0.4 is 10.6 Å². The molecule has 4 aromatic rings. The Kier molecular flexibility index (Phi) is 7.31. The van der Waals surface area contributed by atoms with Crippen molar-refractivity contribution in [2.45, 2.75) is 32.5 Å². The predicted molar refractivity (Wildman–Crippen MR) is 126 cm³/mol. The fraction of sp³-hybridized carbons (Fsp3) is 0.240. The minimum Gasteiger partial charge on any atom is -0.444 e. The quantitative estimate of drug-likeness (QED) is 0.311. The van der Waals surface area contributed by atoms with E-state index in [1.807, 2.05) is 42.7 Å². The van der Waals surface area contributed by atoms with Gasteiger partial charge in [0.15, 0.2) is 5.96 Å². The van der Waals surface area contributed by atoms with Gasteiger partial charge in [-0.2, -0.15) is 0 Å². The third kappa shape index (κ3) is 5.85. The van der Waals surface area contributed by atoms with Crippen LogP contribution in [-0.4, -0.2) is 27.5 Å². The first-order chi connectivity index (χ1) is 15.8. The lowest BCUT2D eigenvalue weighted by Crippen LogP contribution is -2.37. The highest BCUT2D eigenvalue weighted by Gasteiger charge is 2.08.